The van der Waals surface area contributed by atoms with Crippen LogP contribution in [0.15, 0.2) is 23.2 Å². The third-order valence-corrected chi connectivity index (χ3v) is 5.28. The Morgan fingerprint density at radius 1 is 0.741 bits per heavy atom. The molecule has 0 spiro atoms. The minimum absolute atomic E-state index is 0.328. The van der Waals surface area contributed by atoms with Crippen LogP contribution in [0.5, 0.6) is 11.5 Å². The van der Waals surface area contributed by atoms with Crippen LogP contribution in [0, 0.1) is 0 Å². The molecular weight excluding hydrogens is 334 g/mol. The van der Waals surface area contributed by atoms with Crippen LogP contribution < -0.4 is 9.47 Å². The first-order chi connectivity index (χ1) is 13.4. The number of ether oxygens (including phenoxy) is 2. The SMILES string of the molecule is CCCCCCCCCCCCCCCCN=Cc1ccc2c(c1)OCO2. The molecule has 0 radical (unpaired) electrons. The number of hydrogen-bond donors (Lipinski definition) is 0. The maximum absolute atomic E-state index is 5.39. The van der Waals surface area contributed by atoms with Gasteiger partial charge in [0.25, 0.3) is 0 Å². The molecule has 0 unspecified atom stereocenters. The summed E-state index contributed by atoms with van der Waals surface area (Å²) in [6, 6.07) is 5.98. The highest BCUT2D eigenvalue weighted by Crippen LogP contribution is 2.31. The van der Waals surface area contributed by atoms with Crippen molar-refractivity contribution in [3.05, 3.63) is 23.8 Å². The smallest absolute Gasteiger partial charge is 0.231 e. The van der Waals surface area contributed by atoms with E-state index in [1.165, 1.54) is 89.9 Å². The van der Waals surface area contributed by atoms with Gasteiger partial charge in [-0.3, -0.25) is 4.99 Å². The van der Waals surface area contributed by atoms with E-state index >= 15 is 0 Å². The van der Waals surface area contributed by atoms with Gasteiger partial charge in [-0.2, -0.15) is 0 Å². The van der Waals surface area contributed by atoms with E-state index < -0.39 is 0 Å². The van der Waals surface area contributed by atoms with E-state index in [0.717, 1.165) is 23.6 Å². The molecule has 0 aromatic heterocycles. The summed E-state index contributed by atoms with van der Waals surface area (Å²) in [6.07, 6.45) is 21.5. The topological polar surface area (TPSA) is 30.8 Å². The average molecular weight is 374 g/mol. The van der Waals surface area contributed by atoms with Crippen LogP contribution in [0.3, 0.4) is 0 Å². The van der Waals surface area contributed by atoms with E-state index in [9.17, 15) is 0 Å². The first-order valence-corrected chi connectivity index (χ1v) is 11.3. The van der Waals surface area contributed by atoms with Crippen molar-refractivity contribution in [2.45, 2.75) is 96.8 Å². The summed E-state index contributed by atoms with van der Waals surface area (Å²) in [5.41, 5.74) is 1.09. The molecule has 0 amide bonds. The van der Waals surface area contributed by atoms with Crippen LogP contribution in [-0.2, 0) is 0 Å². The Balaban J connectivity index is 1.35. The summed E-state index contributed by atoms with van der Waals surface area (Å²) in [7, 11) is 0. The fourth-order valence-corrected chi connectivity index (χ4v) is 3.56. The lowest BCUT2D eigenvalue weighted by Crippen LogP contribution is -1.92. The zero-order valence-corrected chi connectivity index (χ0v) is 17.4. The lowest BCUT2D eigenvalue weighted by Gasteiger charge is -2.03. The van der Waals surface area contributed by atoms with Gasteiger partial charge in [0.2, 0.25) is 6.79 Å². The zero-order chi connectivity index (χ0) is 19.0. The monoisotopic (exact) mass is 373 g/mol. The Hall–Kier alpha value is -1.51. The highest BCUT2D eigenvalue weighted by atomic mass is 16.7. The van der Waals surface area contributed by atoms with E-state index in [-0.39, 0.29) is 0 Å². The molecule has 2 rings (SSSR count). The maximum atomic E-state index is 5.39. The second kappa shape index (κ2) is 14.5. The minimum atomic E-state index is 0.328. The number of rotatable bonds is 16. The zero-order valence-electron chi connectivity index (χ0n) is 17.4. The summed E-state index contributed by atoms with van der Waals surface area (Å²) in [6.45, 7) is 3.54. The number of hydrogen-bond acceptors (Lipinski definition) is 3. The third-order valence-electron chi connectivity index (χ3n) is 5.28. The van der Waals surface area contributed by atoms with Crippen LogP contribution in [0.1, 0.15) is 102 Å². The normalized spacial score (nSPS) is 12.9. The second-order valence-corrected chi connectivity index (χ2v) is 7.74. The molecule has 0 fully saturated rings. The van der Waals surface area contributed by atoms with E-state index in [1.807, 2.05) is 24.4 Å². The Labute approximate surface area is 166 Å². The molecule has 152 valence electrons. The molecule has 1 heterocycles. The molecular formula is C24H39NO2. The van der Waals surface area contributed by atoms with Gasteiger partial charge in [-0.05, 0) is 30.2 Å². The first-order valence-electron chi connectivity index (χ1n) is 11.3. The van der Waals surface area contributed by atoms with Crippen LogP contribution in [0.25, 0.3) is 0 Å². The fourth-order valence-electron chi connectivity index (χ4n) is 3.56. The van der Waals surface area contributed by atoms with Gasteiger partial charge in [-0.1, -0.05) is 90.4 Å². The predicted molar refractivity (Wildman–Crippen MR) is 115 cm³/mol. The standard InChI is InChI=1S/C24H39NO2/c1-2-3-4-5-6-7-8-9-10-11-12-13-14-15-18-25-20-22-16-17-23-24(19-22)27-21-26-23/h16-17,19-20H,2-15,18,21H2,1H3. The molecule has 1 aromatic rings. The third kappa shape index (κ3) is 9.83. The van der Waals surface area contributed by atoms with Crippen molar-refractivity contribution < 1.29 is 9.47 Å². The summed E-state index contributed by atoms with van der Waals surface area (Å²) < 4.78 is 10.7. The van der Waals surface area contributed by atoms with Gasteiger partial charge in [0, 0.05) is 12.8 Å². The highest BCUT2D eigenvalue weighted by Gasteiger charge is 2.12. The largest absolute Gasteiger partial charge is 0.454 e. The number of unbranched alkanes of at least 4 members (excludes halogenated alkanes) is 13. The van der Waals surface area contributed by atoms with Gasteiger partial charge in [-0.15, -0.1) is 0 Å². The van der Waals surface area contributed by atoms with Crippen LogP contribution >= 0.6 is 0 Å². The predicted octanol–water partition coefficient (Wildman–Crippen LogP) is 7.32. The molecule has 1 aliphatic heterocycles. The van der Waals surface area contributed by atoms with Crippen molar-refractivity contribution in [3.8, 4) is 11.5 Å². The van der Waals surface area contributed by atoms with E-state index in [0.29, 0.717) is 6.79 Å². The van der Waals surface area contributed by atoms with E-state index in [1.54, 1.807) is 0 Å². The molecule has 27 heavy (non-hydrogen) atoms. The van der Waals surface area contributed by atoms with Crippen molar-refractivity contribution in [3.63, 3.8) is 0 Å². The molecule has 1 aliphatic rings. The van der Waals surface area contributed by atoms with E-state index in [2.05, 4.69) is 11.9 Å². The number of fused-ring (bicyclic) bond motifs is 1. The van der Waals surface area contributed by atoms with Gasteiger partial charge in [0.1, 0.15) is 0 Å². The lowest BCUT2D eigenvalue weighted by atomic mass is 10.0. The van der Waals surface area contributed by atoms with Crippen LogP contribution in [0.2, 0.25) is 0 Å². The highest BCUT2D eigenvalue weighted by molar-refractivity contribution is 5.81. The van der Waals surface area contributed by atoms with Crippen molar-refractivity contribution in [2.75, 3.05) is 13.3 Å². The Morgan fingerprint density at radius 2 is 1.30 bits per heavy atom. The summed E-state index contributed by atoms with van der Waals surface area (Å²) in [5.74, 6) is 1.66. The lowest BCUT2D eigenvalue weighted by molar-refractivity contribution is 0.174. The molecule has 0 atom stereocenters. The molecule has 3 nitrogen and oxygen atoms in total. The van der Waals surface area contributed by atoms with Gasteiger partial charge < -0.3 is 9.47 Å². The molecule has 0 N–H and O–H groups in total. The van der Waals surface area contributed by atoms with Crippen LogP contribution in [-0.4, -0.2) is 19.6 Å². The molecule has 0 bridgehead atoms. The number of benzene rings is 1. The number of nitrogens with zero attached hydrogens (tertiary/aromatic N) is 1. The van der Waals surface area contributed by atoms with Gasteiger partial charge >= 0.3 is 0 Å². The van der Waals surface area contributed by atoms with Crippen molar-refractivity contribution in [1.82, 2.24) is 0 Å². The van der Waals surface area contributed by atoms with Crippen molar-refractivity contribution in [2.24, 2.45) is 4.99 Å². The Bertz CT molecular complexity index is 527. The van der Waals surface area contributed by atoms with Gasteiger partial charge in [0.05, 0.1) is 0 Å². The Kier molecular flexibility index (Phi) is 11.7. The fraction of sp³-hybridized carbons (Fsp3) is 0.708. The quantitative estimate of drug-likeness (QED) is 0.224. The number of aliphatic imine (C=N–C) groups is 1. The maximum Gasteiger partial charge on any atom is 0.231 e. The molecule has 0 aliphatic carbocycles. The van der Waals surface area contributed by atoms with Gasteiger partial charge in [-0.25, -0.2) is 0 Å². The average Bonchev–Trinajstić information content (AvgIpc) is 3.15. The van der Waals surface area contributed by atoms with E-state index in [4.69, 9.17) is 9.47 Å². The molecule has 0 saturated heterocycles. The second-order valence-electron chi connectivity index (χ2n) is 7.74. The van der Waals surface area contributed by atoms with Crippen molar-refractivity contribution in [1.29, 1.82) is 0 Å². The van der Waals surface area contributed by atoms with Gasteiger partial charge in [0.15, 0.2) is 11.5 Å². The van der Waals surface area contributed by atoms with Crippen molar-refractivity contribution >= 4 is 6.21 Å². The first kappa shape index (κ1) is 21.8. The Morgan fingerprint density at radius 3 is 1.93 bits per heavy atom. The molecule has 1 aromatic carbocycles. The summed E-state index contributed by atoms with van der Waals surface area (Å²) in [5, 5.41) is 0. The minimum Gasteiger partial charge on any atom is -0.454 e. The molecule has 0 saturated carbocycles. The summed E-state index contributed by atoms with van der Waals surface area (Å²) >= 11 is 0. The summed E-state index contributed by atoms with van der Waals surface area (Å²) in [4.78, 5) is 4.54. The van der Waals surface area contributed by atoms with Crippen LogP contribution in [0.4, 0.5) is 0 Å². The molecule has 3 heteroatoms.